The zero-order valence-electron chi connectivity index (χ0n) is 11.2. The molecule has 0 amide bonds. The van der Waals surface area contributed by atoms with Gasteiger partial charge in [0.05, 0.1) is 9.72 Å². The first-order valence-electron chi connectivity index (χ1n) is 6.32. The van der Waals surface area contributed by atoms with Gasteiger partial charge >= 0.3 is 0 Å². The largest absolute Gasteiger partial charge is 0.332 e. The van der Waals surface area contributed by atoms with Crippen LogP contribution in [0.5, 0.6) is 0 Å². The Kier molecular flexibility index (Phi) is 4.05. The average molecular weight is 334 g/mol. The Balaban J connectivity index is 1.77. The maximum Gasteiger partial charge on any atom is 0.190 e. The second kappa shape index (κ2) is 5.97. The molecule has 0 aliphatic heterocycles. The lowest BCUT2D eigenvalue weighted by Crippen LogP contribution is -2.19. The van der Waals surface area contributed by atoms with Gasteiger partial charge in [-0.15, -0.1) is 0 Å². The maximum atomic E-state index is 6.13. The van der Waals surface area contributed by atoms with E-state index in [1.807, 2.05) is 49.4 Å². The summed E-state index contributed by atoms with van der Waals surface area (Å²) in [5.41, 5.74) is 2.91. The Morgan fingerprint density at radius 3 is 2.71 bits per heavy atom. The molecule has 3 aromatic rings. The van der Waals surface area contributed by atoms with Gasteiger partial charge in [0.1, 0.15) is 5.52 Å². The molecule has 3 rings (SSSR count). The van der Waals surface area contributed by atoms with Crippen LogP contribution >= 0.6 is 35.2 Å². The zero-order valence-corrected chi connectivity index (χ0v) is 13.6. The second-order valence-corrected chi connectivity index (χ2v) is 6.35. The number of thiazole rings is 1. The monoisotopic (exact) mass is 333 g/mol. The molecule has 0 unspecified atom stereocenters. The van der Waals surface area contributed by atoms with Crippen molar-refractivity contribution in [3.05, 3.63) is 53.1 Å². The number of aromatic nitrogens is 1. The molecule has 3 nitrogen and oxygen atoms in total. The van der Waals surface area contributed by atoms with E-state index in [1.54, 1.807) is 0 Å². The minimum atomic E-state index is 0.513. The summed E-state index contributed by atoms with van der Waals surface area (Å²) < 4.78 is 1.03. The summed E-state index contributed by atoms with van der Waals surface area (Å²) in [4.78, 5) is 4.46. The molecule has 0 aliphatic rings. The molecule has 106 valence electrons. The van der Waals surface area contributed by atoms with Gasteiger partial charge < -0.3 is 10.6 Å². The van der Waals surface area contributed by atoms with Crippen molar-refractivity contribution >= 4 is 61.3 Å². The van der Waals surface area contributed by atoms with Crippen LogP contribution in [0.15, 0.2) is 42.5 Å². The number of anilines is 2. The minimum Gasteiger partial charge on any atom is -0.332 e. The van der Waals surface area contributed by atoms with E-state index >= 15 is 0 Å². The topological polar surface area (TPSA) is 37.0 Å². The predicted molar refractivity (Wildman–Crippen MR) is 95.7 cm³/mol. The van der Waals surface area contributed by atoms with Gasteiger partial charge in [-0.2, -0.15) is 0 Å². The molecule has 6 heteroatoms. The Labute approximate surface area is 137 Å². The van der Waals surface area contributed by atoms with Crippen molar-refractivity contribution in [2.75, 3.05) is 10.6 Å². The first-order chi connectivity index (χ1) is 10.1. The standard InChI is InChI=1S/C15H12ClN3S2/c1-9-5-2-3-7-11(9)17-14(20)19-15-18-13-10(16)6-4-8-12(13)21-15/h2-8H,1H3,(H2,17,18,19,20). The van der Waals surface area contributed by atoms with Crippen LogP contribution in [-0.2, 0) is 0 Å². The molecular formula is C15H12ClN3S2. The van der Waals surface area contributed by atoms with E-state index in [0.717, 1.165) is 26.6 Å². The first-order valence-corrected chi connectivity index (χ1v) is 7.92. The lowest BCUT2D eigenvalue weighted by Gasteiger charge is -2.10. The van der Waals surface area contributed by atoms with E-state index < -0.39 is 0 Å². The number of fused-ring (bicyclic) bond motifs is 1. The zero-order chi connectivity index (χ0) is 14.8. The van der Waals surface area contributed by atoms with Gasteiger partial charge in [-0.05, 0) is 42.9 Å². The van der Waals surface area contributed by atoms with Crippen LogP contribution in [0.3, 0.4) is 0 Å². The van der Waals surface area contributed by atoms with Gasteiger partial charge in [-0.25, -0.2) is 4.98 Å². The van der Waals surface area contributed by atoms with Crippen molar-refractivity contribution in [2.45, 2.75) is 6.92 Å². The van der Waals surface area contributed by atoms with E-state index in [4.69, 9.17) is 23.8 Å². The number of hydrogen-bond donors (Lipinski definition) is 2. The van der Waals surface area contributed by atoms with E-state index in [1.165, 1.54) is 11.3 Å². The Hall–Kier alpha value is -1.69. The lowest BCUT2D eigenvalue weighted by molar-refractivity contribution is 1.44. The third kappa shape index (κ3) is 3.15. The molecule has 0 saturated heterocycles. The minimum absolute atomic E-state index is 0.513. The fourth-order valence-corrected chi connectivity index (χ4v) is 3.37. The molecule has 0 atom stereocenters. The molecule has 1 aromatic heterocycles. The molecule has 2 N–H and O–H groups in total. The summed E-state index contributed by atoms with van der Waals surface area (Å²) in [7, 11) is 0. The van der Waals surface area contributed by atoms with Crippen LogP contribution in [0.1, 0.15) is 5.56 Å². The van der Waals surface area contributed by atoms with Crippen molar-refractivity contribution < 1.29 is 0 Å². The highest BCUT2D eigenvalue weighted by Crippen LogP contribution is 2.30. The lowest BCUT2D eigenvalue weighted by atomic mass is 10.2. The number of para-hydroxylation sites is 2. The summed E-state index contributed by atoms with van der Waals surface area (Å²) in [5, 5.41) is 8.16. The van der Waals surface area contributed by atoms with Crippen LogP contribution in [-0.4, -0.2) is 10.1 Å². The van der Waals surface area contributed by atoms with E-state index in [-0.39, 0.29) is 0 Å². The van der Waals surface area contributed by atoms with Crippen molar-refractivity contribution in [2.24, 2.45) is 0 Å². The SMILES string of the molecule is Cc1ccccc1NC(=S)Nc1nc2c(Cl)cccc2s1. The Morgan fingerprint density at radius 2 is 1.95 bits per heavy atom. The van der Waals surface area contributed by atoms with Crippen LogP contribution in [0.2, 0.25) is 5.02 Å². The second-order valence-electron chi connectivity index (χ2n) is 4.50. The van der Waals surface area contributed by atoms with Crippen molar-refractivity contribution in [1.82, 2.24) is 4.98 Å². The molecule has 21 heavy (non-hydrogen) atoms. The predicted octanol–water partition coefficient (Wildman–Crippen LogP) is 5.07. The van der Waals surface area contributed by atoms with Crippen LogP contribution in [0.4, 0.5) is 10.8 Å². The number of nitrogens with one attached hydrogen (secondary N) is 2. The summed E-state index contributed by atoms with van der Waals surface area (Å²) in [6, 6.07) is 13.7. The summed E-state index contributed by atoms with van der Waals surface area (Å²) in [6.45, 7) is 2.03. The average Bonchev–Trinajstić information content (AvgIpc) is 2.85. The van der Waals surface area contributed by atoms with E-state index in [0.29, 0.717) is 10.1 Å². The molecule has 0 radical (unpaired) electrons. The molecule has 0 aliphatic carbocycles. The van der Waals surface area contributed by atoms with Gasteiger partial charge in [0, 0.05) is 5.69 Å². The molecule has 2 aromatic carbocycles. The quantitative estimate of drug-likeness (QED) is 0.642. The fraction of sp³-hybridized carbons (Fsp3) is 0.0667. The fourth-order valence-electron chi connectivity index (χ4n) is 1.93. The highest BCUT2D eigenvalue weighted by atomic mass is 35.5. The number of nitrogens with zero attached hydrogens (tertiary/aromatic N) is 1. The molecular weight excluding hydrogens is 322 g/mol. The van der Waals surface area contributed by atoms with Crippen LogP contribution < -0.4 is 10.6 Å². The van der Waals surface area contributed by atoms with Crippen molar-refractivity contribution in [1.29, 1.82) is 0 Å². The van der Waals surface area contributed by atoms with Gasteiger partial charge in [0.15, 0.2) is 10.2 Å². The number of thiocarbonyl (C=S) groups is 1. The van der Waals surface area contributed by atoms with Gasteiger partial charge in [-0.3, -0.25) is 0 Å². The smallest absolute Gasteiger partial charge is 0.190 e. The van der Waals surface area contributed by atoms with E-state index in [9.17, 15) is 0 Å². The third-order valence-electron chi connectivity index (χ3n) is 2.98. The maximum absolute atomic E-state index is 6.13. The number of aryl methyl sites for hydroxylation is 1. The van der Waals surface area contributed by atoms with Gasteiger partial charge in [-0.1, -0.05) is 47.2 Å². The van der Waals surface area contributed by atoms with Crippen molar-refractivity contribution in [3.63, 3.8) is 0 Å². The molecule has 0 fully saturated rings. The summed E-state index contributed by atoms with van der Waals surface area (Å²) in [6.07, 6.45) is 0. The number of halogens is 1. The first kappa shape index (κ1) is 14.3. The molecule has 0 bridgehead atoms. The van der Waals surface area contributed by atoms with Gasteiger partial charge in [0.2, 0.25) is 0 Å². The molecule has 0 saturated carbocycles. The molecule has 1 heterocycles. The highest BCUT2D eigenvalue weighted by molar-refractivity contribution is 7.80. The highest BCUT2D eigenvalue weighted by Gasteiger charge is 2.08. The van der Waals surface area contributed by atoms with E-state index in [2.05, 4.69) is 15.6 Å². The van der Waals surface area contributed by atoms with Gasteiger partial charge in [0.25, 0.3) is 0 Å². The number of rotatable bonds is 2. The summed E-state index contributed by atoms with van der Waals surface area (Å²) >= 11 is 13.0. The third-order valence-corrected chi connectivity index (χ3v) is 4.43. The Morgan fingerprint density at radius 1 is 1.14 bits per heavy atom. The van der Waals surface area contributed by atoms with Crippen LogP contribution in [0.25, 0.3) is 10.2 Å². The normalized spacial score (nSPS) is 10.6. The number of benzene rings is 2. The van der Waals surface area contributed by atoms with Crippen LogP contribution in [0, 0.1) is 6.92 Å². The Bertz CT molecular complexity index is 814. The number of hydrogen-bond acceptors (Lipinski definition) is 3. The summed E-state index contributed by atoms with van der Waals surface area (Å²) in [5.74, 6) is 0. The van der Waals surface area contributed by atoms with Crippen molar-refractivity contribution in [3.8, 4) is 0 Å². The molecule has 0 spiro atoms.